The molecule has 0 aliphatic heterocycles. The summed E-state index contributed by atoms with van der Waals surface area (Å²) in [4.78, 5) is 16.0. The van der Waals surface area contributed by atoms with Gasteiger partial charge in [0.15, 0.2) is 0 Å². The van der Waals surface area contributed by atoms with Crippen molar-refractivity contribution in [3.05, 3.63) is 52.5 Å². The number of para-hydroxylation sites is 1. The molecule has 3 aromatic rings. The van der Waals surface area contributed by atoms with Crippen LogP contribution in [0.4, 0.5) is 5.69 Å². The van der Waals surface area contributed by atoms with Crippen molar-refractivity contribution in [1.82, 2.24) is 4.98 Å². The predicted molar refractivity (Wildman–Crippen MR) is 104 cm³/mol. The van der Waals surface area contributed by atoms with Gasteiger partial charge in [-0.3, -0.25) is 4.79 Å². The lowest BCUT2D eigenvalue weighted by atomic mass is 9.99. The summed E-state index contributed by atoms with van der Waals surface area (Å²) in [5, 5.41) is 3.84. The van der Waals surface area contributed by atoms with Gasteiger partial charge in [-0.25, -0.2) is 4.98 Å². The normalized spacial score (nSPS) is 11.1. The van der Waals surface area contributed by atoms with Crippen LogP contribution in [0.1, 0.15) is 42.8 Å². The molecule has 2 aromatic carbocycles. The van der Waals surface area contributed by atoms with Crippen molar-refractivity contribution in [1.29, 1.82) is 0 Å². The van der Waals surface area contributed by atoms with Crippen LogP contribution in [0.15, 0.2) is 36.4 Å². The van der Waals surface area contributed by atoms with Crippen LogP contribution in [0.3, 0.4) is 0 Å². The first-order chi connectivity index (χ1) is 11.9. The lowest BCUT2D eigenvalue weighted by Crippen LogP contribution is -2.09. The third-order valence-electron chi connectivity index (χ3n) is 3.98. The van der Waals surface area contributed by atoms with E-state index in [0.717, 1.165) is 33.1 Å². The quantitative estimate of drug-likeness (QED) is 0.679. The Labute approximate surface area is 151 Å². The molecule has 0 aliphatic rings. The number of rotatable bonds is 5. The van der Waals surface area contributed by atoms with Gasteiger partial charge >= 0.3 is 0 Å². The standard InChI is InChI=1S/C20H22N2O2S/c1-12(2)15-10-17(21-14(4)23)13(3)9-18(15)24-11-20-22-16-7-5-6-8-19(16)25-20/h5-10,12H,11H2,1-4H3,(H,21,23). The van der Waals surface area contributed by atoms with Crippen molar-refractivity contribution in [2.75, 3.05) is 5.32 Å². The maximum Gasteiger partial charge on any atom is 0.221 e. The van der Waals surface area contributed by atoms with E-state index in [2.05, 4.69) is 30.2 Å². The predicted octanol–water partition coefficient (Wildman–Crippen LogP) is 5.27. The van der Waals surface area contributed by atoms with Gasteiger partial charge < -0.3 is 10.1 Å². The average molecular weight is 354 g/mol. The molecule has 0 unspecified atom stereocenters. The van der Waals surface area contributed by atoms with E-state index < -0.39 is 0 Å². The van der Waals surface area contributed by atoms with Gasteiger partial charge in [-0.05, 0) is 48.2 Å². The van der Waals surface area contributed by atoms with Gasteiger partial charge in [0.25, 0.3) is 0 Å². The van der Waals surface area contributed by atoms with Crippen molar-refractivity contribution >= 4 is 33.1 Å². The summed E-state index contributed by atoms with van der Waals surface area (Å²) in [6.45, 7) is 8.17. The van der Waals surface area contributed by atoms with E-state index in [1.165, 1.54) is 11.6 Å². The highest BCUT2D eigenvalue weighted by Gasteiger charge is 2.14. The number of aromatic nitrogens is 1. The fourth-order valence-electron chi connectivity index (χ4n) is 2.72. The number of hydrogen-bond donors (Lipinski definition) is 1. The van der Waals surface area contributed by atoms with Gasteiger partial charge in [0.2, 0.25) is 5.91 Å². The number of carbonyl (C=O) groups excluding carboxylic acids is 1. The van der Waals surface area contributed by atoms with Crippen molar-refractivity contribution in [2.24, 2.45) is 0 Å². The number of hydrogen-bond acceptors (Lipinski definition) is 4. The second-order valence-electron chi connectivity index (χ2n) is 6.40. The number of fused-ring (bicyclic) bond motifs is 1. The average Bonchev–Trinajstić information content (AvgIpc) is 2.97. The largest absolute Gasteiger partial charge is 0.486 e. The number of ether oxygens (including phenoxy) is 1. The highest BCUT2D eigenvalue weighted by molar-refractivity contribution is 7.18. The number of aryl methyl sites for hydroxylation is 1. The molecule has 0 saturated carbocycles. The Bertz CT molecular complexity index is 882. The molecule has 1 amide bonds. The highest BCUT2D eigenvalue weighted by Crippen LogP contribution is 2.33. The van der Waals surface area contributed by atoms with E-state index in [9.17, 15) is 4.79 Å². The first-order valence-corrected chi connectivity index (χ1v) is 9.15. The Morgan fingerprint density at radius 3 is 2.72 bits per heavy atom. The van der Waals surface area contributed by atoms with Crippen molar-refractivity contribution < 1.29 is 9.53 Å². The molecule has 0 atom stereocenters. The lowest BCUT2D eigenvalue weighted by molar-refractivity contribution is -0.114. The van der Waals surface area contributed by atoms with Gasteiger partial charge in [0.1, 0.15) is 17.4 Å². The SMILES string of the molecule is CC(=O)Nc1cc(C(C)C)c(OCc2nc3ccccc3s2)cc1C. The molecule has 0 bridgehead atoms. The molecular formula is C20H22N2O2S. The summed E-state index contributed by atoms with van der Waals surface area (Å²) < 4.78 is 7.26. The Kier molecular flexibility index (Phi) is 5.04. The Morgan fingerprint density at radius 1 is 1.28 bits per heavy atom. The van der Waals surface area contributed by atoms with Crippen molar-refractivity contribution in [2.45, 2.75) is 40.2 Å². The number of benzene rings is 2. The fourth-order valence-corrected chi connectivity index (χ4v) is 3.60. The number of anilines is 1. The number of amides is 1. The Balaban J connectivity index is 1.85. The van der Waals surface area contributed by atoms with E-state index in [0.29, 0.717) is 12.5 Å². The molecule has 0 saturated heterocycles. The second kappa shape index (κ2) is 7.23. The maximum atomic E-state index is 11.4. The van der Waals surface area contributed by atoms with Crippen molar-refractivity contribution in [3.8, 4) is 5.75 Å². The molecule has 0 radical (unpaired) electrons. The van der Waals surface area contributed by atoms with E-state index in [1.54, 1.807) is 11.3 Å². The molecule has 4 nitrogen and oxygen atoms in total. The first kappa shape index (κ1) is 17.4. The molecule has 1 heterocycles. The minimum absolute atomic E-state index is 0.0686. The van der Waals surface area contributed by atoms with E-state index in [-0.39, 0.29) is 5.91 Å². The van der Waals surface area contributed by atoms with Gasteiger partial charge in [-0.2, -0.15) is 0 Å². The molecule has 0 fully saturated rings. The molecule has 1 aromatic heterocycles. The van der Waals surface area contributed by atoms with Crippen molar-refractivity contribution in [3.63, 3.8) is 0 Å². The topological polar surface area (TPSA) is 51.2 Å². The summed E-state index contributed by atoms with van der Waals surface area (Å²) in [7, 11) is 0. The summed E-state index contributed by atoms with van der Waals surface area (Å²) in [5.41, 5.74) is 3.91. The lowest BCUT2D eigenvalue weighted by Gasteiger charge is -2.17. The van der Waals surface area contributed by atoms with Crippen LogP contribution in [-0.4, -0.2) is 10.9 Å². The molecule has 25 heavy (non-hydrogen) atoms. The van der Waals surface area contributed by atoms with Crippen LogP contribution in [0, 0.1) is 6.92 Å². The zero-order chi connectivity index (χ0) is 18.0. The molecule has 0 spiro atoms. The van der Waals surface area contributed by atoms with Gasteiger partial charge in [-0.1, -0.05) is 26.0 Å². The molecule has 5 heteroatoms. The first-order valence-electron chi connectivity index (χ1n) is 8.33. The number of thiazole rings is 1. The summed E-state index contributed by atoms with van der Waals surface area (Å²) in [5.74, 6) is 1.07. The second-order valence-corrected chi connectivity index (χ2v) is 7.52. The molecule has 130 valence electrons. The van der Waals surface area contributed by atoms with Gasteiger partial charge in [-0.15, -0.1) is 11.3 Å². The number of nitrogens with zero attached hydrogens (tertiary/aromatic N) is 1. The molecule has 0 aliphatic carbocycles. The van der Waals surface area contributed by atoms with Gasteiger partial charge in [0.05, 0.1) is 10.2 Å². The van der Waals surface area contributed by atoms with Crippen LogP contribution < -0.4 is 10.1 Å². The monoisotopic (exact) mass is 354 g/mol. The summed E-state index contributed by atoms with van der Waals surface area (Å²) in [6, 6.07) is 12.1. The third kappa shape index (κ3) is 3.99. The zero-order valence-electron chi connectivity index (χ0n) is 14.9. The minimum atomic E-state index is -0.0686. The van der Waals surface area contributed by atoms with E-state index >= 15 is 0 Å². The third-order valence-corrected chi connectivity index (χ3v) is 4.99. The Hall–Kier alpha value is -2.40. The summed E-state index contributed by atoms with van der Waals surface area (Å²) in [6.07, 6.45) is 0. The fraction of sp³-hybridized carbons (Fsp3) is 0.300. The van der Waals surface area contributed by atoms with Gasteiger partial charge in [0, 0.05) is 12.6 Å². The highest BCUT2D eigenvalue weighted by atomic mass is 32.1. The number of nitrogens with one attached hydrogen (secondary N) is 1. The molecule has 1 N–H and O–H groups in total. The Morgan fingerprint density at radius 2 is 2.04 bits per heavy atom. The smallest absolute Gasteiger partial charge is 0.221 e. The maximum absolute atomic E-state index is 11.4. The van der Waals surface area contributed by atoms with Crippen LogP contribution in [0.5, 0.6) is 5.75 Å². The molecule has 3 rings (SSSR count). The minimum Gasteiger partial charge on any atom is -0.486 e. The van der Waals surface area contributed by atoms with Crippen LogP contribution in [0.2, 0.25) is 0 Å². The van der Waals surface area contributed by atoms with E-state index in [1.807, 2.05) is 37.3 Å². The zero-order valence-corrected chi connectivity index (χ0v) is 15.7. The van der Waals surface area contributed by atoms with E-state index in [4.69, 9.17) is 4.74 Å². The number of carbonyl (C=O) groups is 1. The van der Waals surface area contributed by atoms with Crippen LogP contribution in [0.25, 0.3) is 10.2 Å². The van der Waals surface area contributed by atoms with Crippen LogP contribution >= 0.6 is 11.3 Å². The summed E-state index contributed by atoms with van der Waals surface area (Å²) >= 11 is 1.65. The van der Waals surface area contributed by atoms with Crippen LogP contribution in [-0.2, 0) is 11.4 Å². The molecular weight excluding hydrogens is 332 g/mol.